The molecule has 1 aliphatic rings. The lowest BCUT2D eigenvalue weighted by Crippen LogP contribution is -2.36. The van der Waals surface area contributed by atoms with E-state index < -0.39 is 6.09 Å². The number of amides is 1. The number of ether oxygens (including phenoxy) is 1. The van der Waals surface area contributed by atoms with Crippen LogP contribution in [-0.2, 0) is 11.3 Å². The smallest absolute Gasteiger partial charge is 0.407 e. The Balaban J connectivity index is 1.69. The van der Waals surface area contributed by atoms with Crippen molar-refractivity contribution in [1.29, 1.82) is 0 Å². The van der Waals surface area contributed by atoms with Crippen molar-refractivity contribution in [3.63, 3.8) is 0 Å². The van der Waals surface area contributed by atoms with E-state index in [2.05, 4.69) is 15.6 Å². The molecule has 1 aromatic carbocycles. The van der Waals surface area contributed by atoms with Crippen LogP contribution < -0.4 is 10.6 Å². The van der Waals surface area contributed by atoms with Gasteiger partial charge in [0.1, 0.15) is 6.61 Å². The fourth-order valence-electron chi connectivity index (χ4n) is 1.89. The molecule has 0 aliphatic carbocycles. The number of carbonyl (C=O) groups excluding carboxylic acids is 1. The topological polar surface area (TPSA) is 62.7 Å². The average molecular weight is 261 g/mol. The molecule has 0 fully saturated rings. The summed E-state index contributed by atoms with van der Waals surface area (Å²) in [4.78, 5) is 15.9. The molecule has 102 valence electrons. The van der Waals surface area contributed by atoms with Gasteiger partial charge in [0.05, 0.1) is 12.4 Å². The highest BCUT2D eigenvalue weighted by Crippen LogP contribution is 2.02. The van der Waals surface area contributed by atoms with E-state index in [9.17, 15) is 4.79 Å². The van der Waals surface area contributed by atoms with Gasteiger partial charge in [-0.15, -0.1) is 0 Å². The summed E-state index contributed by atoms with van der Waals surface area (Å²) in [7, 11) is 0. The van der Waals surface area contributed by atoms with E-state index >= 15 is 0 Å². The summed E-state index contributed by atoms with van der Waals surface area (Å²) in [5.74, 6) is 0.954. The summed E-state index contributed by atoms with van der Waals surface area (Å²) in [6.07, 6.45) is 0.315. The summed E-state index contributed by atoms with van der Waals surface area (Å²) >= 11 is 0. The first-order valence-corrected chi connectivity index (χ1v) is 6.48. The molecular weight excluding hydrogens is 242 g/mol. The molecule has 19 heavy (non-hydrogen) atoms. The number of hydrogen-bond acceptors (Lipinski definition) is 4. The van der Waals surface area contributed by atoms with Crippen LogP contribution >= 0.6 is 0 Å². The monoisotopic (exact) mass is 261 g/mol. The number of nitrogens with zero attached hydrogens (tertiary/aromatic N) is 1. The van der Waals surface area contributed by atoms with E-state index in [1.165, 1.54) is 0 Å². The third-order valence-corrected chi connectivity index (χ3v) is 2.82. The van der Waals surface area contributed by atoms with Gasteiger partial charge in [-0.1, -0.05) is 30.3 Å². The van der Waals surface area contributed by atoms with Crippen molar-refractivity contribution in [2.75, 3.05) is 13.1 Å². The lowest BCUT2D eigenvalue weighted by atomic mass is 10.2. The molecule has 2 rings (SSSR count). The minimum absolute atomic E-state index is 0.00706. The molecule has 2 N–H and O–H groups in total. The largest absolute Gasteiger partial charge is 0.445 e. The van der Waals surface area contributed by atoms with Crippen molar-refractivity contribution in [1.82, 2.24) is 10.6 Å². The first-order chi connectivity index (χ1) is 9.24. The van der Waals surface area contributed by atoms with Gasteiger partial charge in [0.2, 0.25) is 0 Å². The van der Waals surface area contributed by atoms with Gasteiger partial charge in [-0.05, 0) is 12.5 Å². The summed E-state index contributed by atoms with van der Waals surface area (Å²) in [6.45, 7) is 3.94. The SMILES string of the molecule is C[C@@H](CC1=NCCN1)NC(=O)OCc1ccccc1. The van der Waals surface area contributed by atoms with Crippen molar-refractivity contribution in [2.45, 2.75) is 26.0 Å². The van der Waals surface area contributed by atoms with Gasteiger partial charge in [0, 0.05) is 19.0 Å². The van der Waals surface area contributed by atoms with Gasteiger partial charge in [-0.2, -0.15) is 0 Å². The van der Waals surface area contributed by atoms with Crippen molar-refractivity contribution >= 4 is 11.9 Å². The average Bonchev–Trinajstić information content (AvgIpc) is 2.90. The maximum Gasteiger partial charge on any atom is 0.407 e. The van der Waals surface area contributed by atoms with Gasteiger partial charge in [-0.25, -0.2) is 4.79 Å². The van der Waals surface area contributed by atoms with Gasteiger partial charge >= 0.3 is 6.09 Å². The van der Waals surface area contributed by atoms with E-state index in [1.54, 1.807) is 0 Å². The molecule has 0 saturated carbocycles. The first kappa shape index (κ1) is 13.4. The molecule has 1 atom stereocenters. The number of benzene rings is 1. The Morgan fingerprint density at radius 3 is 2.95 bits per heavy atom. The van der Waals surface area contributed by atoms with Crippen LogP contribution in [0.4, 0.5) is 4.79 Å². The lowest BCUT2D eigenvalue weighted by molar-refractivity contribution is 0.136. The molecule has 0 radical (unpaired) electrons. The minimum Gasteiger partial charge on any atom is -0.445 e. The third kappa shape index (κ3) is 4.62. The third-order valence-electron chi connectivity index (χ3n) is 2.82. The molecule has 1 aliphatic heterocycles. The first-order valence-electron chi connectivity index (χ1n) is 6.48. The van der Waals surface area contributed by atoms with Crippen LogP contribution in [0.3, 0.4) is 0 Å². The van der Waals surface area contributed by atoms with Gasteiger partial charge < -0.3 is 15.4 Å². The zero-order valence-corrected chi connectivity index (χ0v) is 11.1. The highest BCUT2D eigenvalue weighted by Gasteiger charge is 2.13. The molecule has 1 heterocycles. The van der Waals surface area contributed by atoms with Crippen LogP contribution in [0.25, 0.3) is 0 Å². The Morgan fingerprint density at radius 2 is 2.26 bits per heavy atom. The highest BCUT2D eigenvalue weighted by atomic mass is 16.5. The lowest BCUT2D eigenvalue weighted by Gasteiger charge is -2.14. The zero-order chi connectivity index (χ0) is 13.5. The standard InChI is InChI=1S/C14H19N3O2/c1-11(9-13-15-7-8-16-13)17-14(18)19-10-12-5-3-2-4-6-12/h2-6,11H,7-10H2,1H3,(H,15,16)(H,17,18)/t11-/m0/s1. The fraction of sp³-hybridized carbons (Fsp3) is 0.429. The Kier molecular flexibility index (Phi) is 4.78. The summed E-state index contributed by atoms with van der Waals surface area (Å²) in [5.41, 5.74) is 0.979. The van der Waals surface area contributed by atoms with Crippen LogP contribution in [-0.4, -0.2) is 31.1 Å². The van der Waals surface area contributed by atoms with Gasteiger partial charge in [0.15, 0.2) is 0 Å². The number of hydrogen-bond donors (Lipinski definition) is 2. The van der Waals surface area contributed by atoms with E-state index in [0.29, 0.717) is 13.0 Å². The van der Waals surface area contributed by atoms with Gasteiger partial charge in [-0.3, -0.25) is 4.99 Å². The van der Waals surface area contributed by atoms with Crippen molar-refractivity contribution in [2.24, 2.45) is 4.99 Å². The molecule has 5 heteroatoms. The van der Waals surface area contributed by atoms with Crippen LogP contribution in [0, 0.1) is 0 Å². The quantitative estimate of drug-likeness (QED) is 0.848. The summed E-state index contributed by atoms with van der Waals surface area (Å²) in [6, 6.07) is 9.63. The number of nitrogens with one attached hydrogen (secondary N) is 2. The maximum absolute atomic E-state index is 11.6. The molecule has 5 nitrogen and oxygen atoms in total. The molecule has 0 bridgehead atoms. The number of amidine groups is 1. The van der Waals surface area contributed by atoms with Crippen LogP contribution in [0.15, 0.2) is 35.3 Å². The molecule has 0 unspecified atom stereocenters. The second-order valence-corrected chi connectivity index (χ2v) is 4.57. The number of alkyl carbamates (subject to hydrolysis) is 1. The maximum atomic E-state index is 11.6. The zero-order valence-electron chi connectivity index (χ0n) is 11.1. The highest BCUT2D eigenvalue weighted by molar-refractivity contribution is 5.84. The second-order valence-electron chi connectivity index (χ2n) is 4.57. The summed E-state index contributed by atoms with van der Waals surface area (Å²) < 4.78 is 5.15. The van der Waals surface area contributed by atoms with E-state index in [-0.39, 0.29) is 6.04 Å². The predicted octanol–water partition coefficient (Wildman–Crippen LogP) is 1.69. The van der Waals surface area contributed by atoms with Crippen LogP contribution in [0.2, 0.25) is 0 Å². The Hall–Kier alpha value is -2.04. The fourth-order valence-corrected chi connectivity index (χ4v) is 1.89. The van der Waals surface area contributed by atoms with Crippen LogP contribution in [0.5, 0.6) is 0 Å². The Bertz CT molecular complexity index is 445. The molecule has 0 spiro atoms. The van der Waals surface area contributed by atoms with Gasteiger partial charge in [0.25, 0.3) is 0 Å². The second kappa shape index (κ2) is 6.78. The molecule has 0 aromatic heterocycles. The number of carbonyl (C=O) groups is 1. The number of rotatable bonds is 5. The molecule has 1 amide bonds. The Labute approximate surface area is 113 Å². The number of aliphatic imine (C=N–C) groups is 1. The van der Waals surface area contributed by atoms with E-state index in [1.807, 2.05) is 37.3 Å². The molecule has 0 saturated heterocycles. The van der Waals surface area contributed by atoms with Crippen molar-refractivity contribution in [3.8, 4) is 0 Å². The minimum atomic E-state index is -0.394. The van der Waals surface area contributed by atoms with Crippen molar-refractivity contribution < 1.29 is 9.53 Å². The molecular formula is C14H19N3O2. The normalized spacial score (nSPS) is 15.3. The van der Waals surface area contributed by atoms with E-state index in [4.69, 9.17) is 4.74 Å². The molecule has 1 aromatic rings. The van der Waals surface area contributed by atoms with E-state index in [0.717, 1.165) is 24.5 Å². The predicted molar refractivity (Wildman–Crippen MR) is 74.1 cm³/mol. The Morgan fingerprint density at radius 1 is 1.47 bits per heavy atom. The van der Waals surface area contributed by atoms with Crippen molar-refractivity contribution in [3.05, 3.63) is 35.9 Å². The van der Waals surface area contributed by atoms with Crippen LogP contribution in [0.1, 0.15) is 18.9 Å². The summed E-state index contributed by atoms with van der Waals surface area (Å²) in [5, 5.41) is 5.97.